The number of hydrogen-bond donors (Lipinski definition) is 0. The SMILES string of the molecule is O=C(c1ccc(C(F)(F)F)cc1)N1CCN=C1SCc1cccc([N+](=O)[O-])c1. The Balaban J connectivity index is 1.68. The smallest absolute Gasteiger partial charge is 0.286 e. The van der Waals surface area contributed by atoms with Crippen molar-refractivity contribution in [1.82, 2.24) is 4.90 Å². The monoisotopic (exact) mass is 409 g/mol. The predicted octanol–water partition coefficient (Wildman–Crippen LogP) is 4.36. The quantitative estimate of drug-likeness (QED) is 0.555. The van der Waals surface area contributed by atoms with Gasteiger partial charge in [-0.3, -0.25) is 24.8 Å². The minimum Gasteiger partial charge on any atom is -0.286 e. The van der Waals surface area contributed by atoms with Gasteiger partial charge in [-0.1, -0.05) is 23.9 Å². The van der Waals surface area contributed by atoms with Crippen LogP contribution in [0.25, 0.3) is 0 Å². The van der Waals surface area contributed by atoms with Gasteiger partial charge < -0.3 is 0 Å². The van der Waals surface area contributed by atoms with Crippen LogP contribution in [-0.4, -0.2) is 34.0 Å². The number of thioether (sulfide) groups is 1. The summed E-state index contributed by atoms with van der Waals surface area (Å²) in [5.41, 5.74) is -0.00200. The van der Waals surface area contributed by atoms with Gasteiger partial charge in [-0.15, -0.1) is 0 Å². The number of carbonyl (C=O) groups is 1. The van der Waals surface area contributed by atoms with E-state index in [-0.39, 0.29) is 11.3 Å². The molecule has 1 aliphatic rings. The Morgan fingerprint density at radius 1 is 1.21 bits per heavy atom. The van der Waals surface area contributed by atoms with E-state index in [1.54, 1.807) is 12.1 Å². The lowest BCUT2D eigenvalue weighted by Crippen LogP contribution is -2.32. The molecule has 3 rings (SSSR count). The van der Waals surface area contributed by atoms with Crippen LogP contribution in [0.1, 0.15) is 21.5 Å². The third-order valence-corrected chi connectivity index (χ3v) is 5.08. The van der Waals surface area contributed by atoms with E-state index in [2.05, 4.69) is 4.99 Å². The summed E-state index contributed by atoms with van der Waals surface area (Å²) in [4.78, 5) is 28.7. The molecule has 2 aromatic carbocycles. The maximum absolute atomic E-state index is 12.7. The van der Waals surface area contributed by atoms with Crippen LogP contribution in [0, 0.1) is 10.1 Å². The van der Waals surface area contributed by atoms with Gasteiger partial charge in [0.2, 0.25) is 0 Å². The Morgan fingerprint density at radius 3 is 2.57 bits per heavy atom. The standard InChI is InChI=1S/C18H14F3N3O3S/c19-18(20,21)14-6-4-13(5-7-14)16(25)23-9-8-22-17(23)28-11-12-2-1-3-15(10-12)24(26)27/h1-7,10H,8-9,11H2. The first-order valence-corrected chi connectivity index (χ1v) is 9.14. The summed E-state index contributed by atoms with van der Waals surface area (Å²) in [6.07, 6.45) is -4.46. The molecular weight excluding hydrogens is 395 g/mol. The molecule has 1 aliphatic heterocycles. The van der Waals surface area contributed by atoms with Crippen LogP contribution in [0.5, 0.6) is 0 Å². The number of nitro benzene ring substituents is 1. The second-order valence-corrected chi connectivity index (χ2v) is 6.85. The van der Waals surface area contributed by atoms with Crippen LogP contribution in [0.3, 0.4) is 0 Å². The van der Waals surface area contributed by atoms with Gasteiger partial charge in [-0.2, -0.15) is 13.2 Å². The molecule has 0 bridgehead atoms. The normalized spacial score (nSPS) is 14.1. The number of nitrogens with zero attached hydrogens (tertiary/aromatic N) is 3. The average molecular weight is 409 g/mol. The zero-order valence-corrected chi connectivity index (χ0v) is 15.2. The Bertz CT molecular complexity index is 930. The zero-order valence-electron chi connectivity index (χ0n) is 14.3. The van der Waals surface area contributed by atoms with Gasteiger partial charge in [-0.05, 0) is 29.8 Å². The summed E-state index contributed by atoms with van der Waals surface area (Å²) >= 11 is 1.25. The first-order valence-electron chi connectivity index (χ1n) is 8.15. The Labute approximate surface area is 162 Å². The molecule has 0 saturated carbocycles. The summed E-state index contributed by atoms with van der Waals surface area (Å²) in [7, 11) is 0. The van der Waals surface area contributed by atoms with Crippen LogP contribution < -0.4 is 0 Å². The fourth-order valence-electron chi connectivity index (χ4n) is 2.60. The lowest BCUT2D eigenvalue weighted by atomic mass is 10.1. The number of amides is 1. The molecule has 0 unspecified atom stereocenters. The third kappa shape index (κ3) is 4.50. The molecule has 0 saturated heterocycles. The number of amidine groups is 1. The lowest BCUT2D eigenvalue weighted by Gasteiger charge is -2.18. The Hall–Kier alpha value is -2.88. The average Bonchev–Trinajstić information content (AvgIpc) is 3.14. The highest BCUT2D eigenvalue weighted by atomic mass is 32.2. The van der Waals surface area contributed by atoms with Gasteiger partial charge in [0, 0.05) is 30.0 Å². The van der Waals surface area contributed by atoms with Crippen molar-refractivity contribution >= 4 is 28.5 Å². The minimum absolute atomic E-state index is 0.0239. The molecule has 0 aromatic heterocycles. The zero-order chi connectivity index (χ0) is 20.3. The maximum Gasteiger partial charge on any atom is 0.416 e. The second-order valence-electron chi connectivity index (χ2n) is 5.91. The molecule has 2 aromatic rings. The molecule has 146 valence electrons. The van der Waals surface area contributed by atoms with Gasteiger partial charge in [0.1, 0.15) is 0 Å². The molecule has 0 spiro atoms. The van der Waals surface area contributed by atoms with E-state index in [1.807, 2.05) is 0 Å². The van der Waals surface area contributed by atoms with Crippen LogP contribution in [-0.2, 0) is 11.9 Å². The highest BCUT2D eigenvalue weighted by molar-refractivity contribution is 8.13. The molecule has 10 heteroatoms. The van der Waals surface area contributed by atoms with Crippen molar-refractivity contribution in [3.05, 3.63) is 75.3 Å². The van der Waals surface area contributed by atoms with Crippen LogP contribution in [0.2, 0.25) is 0 Å². The van der Waals surface area contributed by atoms with Crippen LogP contribution in [0.15, 0.2) is 53.5 Å². The summed E-state index contributed by atoms with van der Waals surface area (Å²) in [5.74, 6) is -0.0615. The molecule has 1 heterocycles. The van der Waals surface area contributed by atoms with Crippen LogP contribution >= 0.6 is 11.8 Å². The van der Waals surface area contributed by atoms with Crippen molar-refractivity contribution in [2.75, 3.05) is 13.1 Å². The van der Waals surface area contributed by atoms with Crippen molar-refractivity contribution in [3.63, 3.8) is 0 Å². The van der Waals surface area contributed by atoms with E-state index in [0.717, 1.165) is 24.3 Å². The molecule has 0 N–H and O–H groups in total. The van der Waals surface area contributed by atoms with E-state index in [4.69, 9.17) is 0 Å². The van der Waals surface area contributed by atoms with Crippen molar-refractivity contribution < 1.29 is 22.9 Å². The van der Waals surface area contributed by atoms with E-state index >= 15 is 0 Å². The number of rotatable bonds is 4. The van der Waals surface area contributed by atoms with Gasteiger partial charge in [0.15, 0.2) is 5.17 Å². The van der Waals surface area contributed by atoms with E-state index in [1.165, 1.54) is 28.8 Å². The van der Waals surface area contributed by atoms with E-state index < -0.39 is 22.6 Å². The first-order chi connectivity index (χ1) is 13.3. The van der Waals surface area contributed by atoms with Crippen molar-refractivity contribution in [2.45, 2.75) is 11.9 Å². The Kier molecular flexibility index (Phi) is 5.68. The van der Waals surface area contributed by atoms with E-state index in [0.29, 0.717) is 29.6 Å². The van der Waals surface area contributed by atoms with Crippen molar-refractivity contribution in [3.8, 4) is 0 Å². The first kappa shape index (κ1) is 19.9. The lowest BCUT2D eigenvalue weighted by molar-refractivity contribution is -0.384. The molecule has 1 amide bonds. The number of benzene rings is 2. The number of nitro groups is 1. The molecule has 0 fully saturated rings. The molecular formula is C18H14F3N3O3S. The highest BCUT2D eigenvalue weighted by Crippen LogP contribution is 2.29. The van der Waals surface area contributed by atoms with Gasteiger partial charge in [-0.25, -0.2) is 0 Å². The topological polar surface area (TPSA) is 75.8 Å². The fourth-order valence-corrected chi connectivity index (χ4v) is 3.59. The number of aliphatic imine (C=N–C) groups is 1. The third-order valence-electron chi connectivity index (χ3n) is 4.00. The molecule has 6 nitrogen and oxygen atoms in total. The fraction of sp³-hybridized carbons (Fsp3) is 0.222. The Morgan fingerprint density at radius 2 is 1.93 bits per heavy atom. The number of alkyl halides is 3. The molecule has 0 radical (unpaired) electrons. The van der Waals surface area contributed by atoms with Crippen LogP contribution in [0.4, 0.5) is 18.9 Å². The summed E-state index contributed by atoms with van der Waals surface area (Å²) < 4.78 is 38.0. The second kappa shape index (κ2) is 8.01. The summed E-state index contributed by atoms with van der Waals surface area (Å²) in [6.45, 7) is 0.723. The number of carbonyl (C=O) groups excluding carboxylic acids is 1. The number of halogens is 3. The van der Waals surface area contributed by atoms with Crippen molar-refractivity contribution in [1.29, 1.82) is 0 Å². The molecule has 28 heavy (non-hydrogen) atoms. The molecule has 0 aliphatic carbocycles. The number of non-ortho nitro benzene ring substituents is 1. The van der Waals surface area contributed by atoms with Gasteiger partial charge >= 0.3 is 6.18 Å². The predicted molar refractivity (Wildman–Crippen MR) is 99.2 cm³/mol. The molecule has 0 atom stereocenters. The van der Waals surface area contributed by atoms with Gasteiger partial charge in [0.25, 0.3) is 11.6 Å². The minimum atomic E-state index is -4.46. The number of hydrogen-bond acceptors (Lipinski definition) is 5. The highest BCUT2D eigenvalue weighted by Gasteiger charge is 2.31. The van der Waals surface area contributed by atoms with E-state index in [9.17, 15) is 28.1 Å². The summed E-state index contributed by atoms with van der Waals surface area (Å²) in [6, 6.07) is 10.2. The van der Waals surface area contributed by atoms with Crippen molar-refractivity contribution in [2.24, 2.45) is 4.99 Å². The van der Waals surface area contributed by atoms with Gasteiger partial charge in [0.05, 0.1) is 17.0 Å². The maximum atomic E-state index is 12.7. The largest absolute Gasteiger partial charge is 0.416 e. The summed E-state index contributed by atoms with van der Waals surface area (Å²) in [5, 5.41) is 11.3.